The second-order valence-corrected chi connectivity index (χ2v) is 23.3. The van der Waals surface area contributed by atoms with Gasteiger partial charge in [0.05, 0.1) is 52.8 Å². The van der Waals surface area contributed by atoms with E-state index < -0.39 is 276 Å². The van der Waals surface area contributed by atoms with Gasteiger partial charge in [-0.1, -0.05) is 0 Å². The lowest BCUT2D eigenvalue weighted by molar-refractivity contribution is -0.461. The van der Waals surface area contributed by atoms with Gasteiger partial charge in [0.15, 0.2) is 11.5 Å². The van der Waals surface area contributed by atoms with Gasteiger partial charge in [-0.3, -0.25) is 0 Å². The van der Waals surface area contributed by atoms with E-state index in [1.807, 2.05) is 0 Å². The van der Waals surface area contributed by atoms with E-state index in [2.05, 4.69) is 0 Å². The molecule has 0 unspecified atom stereocenters. The van der Waals surface area contributed by atoms with Crippen molar-refractivity contribution in [3.05, 3.63) is 35.9 Å². The number of alkyl halides is 51. The second kappa shape index (κ2) is 33.4. The third kappa shape index (κ3) is 18.2. The van der Waals surface area contributed by atoms with E-state index in [-0.39, 0.29) is 29.4 Å². The standard InChI is InChI=1S/C55H43F51O9/c1-108-25-21-26(109-2)23-27(22-25)111-17-15-110-16-18-115-31(107)24-19-28(112-12-6-3-9-32(56,57)35(62,63)38(68,69)41(74,75)44(80,81)47(86,87)50(92,93)53(98,99)100)30(114-14-8-5-11-34(60,61)37(66,67)40(72,73)43(78,79)46(84,85)49(90,91)52(96,97)55(104,105)106)29(20-24)113-13-7-4-10-33(58,59)36(64,65)39(70,71)42(76,77)45(82,83)48(88,89)51(94,95)54(101,102)103/h19-23H,3-18H2,1-2H3. The van der Waals surface area contributed by atoms with Gasteiger partial charge in [0.25, 0.3) is 0 Å². The van der Waals surface area contributed by atoms with Crippen LogP contribution in [0.2, 0.25) is 0 Å². The largest absolute Gasteiger partial charge is 0.496 e. The van der Waals surface area contributed by atoms with E-state index in [9.17, 15) is 229 Å². The highest BCUT2D eigenvalue weighted by Gasteiger charge is 2.98. The average Bonchev–Trinajstić information content (AvgIpc) is 0.705. The third-order valence-corrected chi connectivity index (χ3v) is 15.3. The van der Waals surface area contributed by atoms with Crippen molar-refractivity contribution in [3.63, 3.8) is 0 Å². The lowest BCUT2D eigenvalue weighted by Crippen LogP contribution is -2.74. The molecule has 0 aliphatic carbocycles. The van der Waals surface area contributed by atoms with Crippen LogP contribution in [0.25, 0.3) is 0 Å². The maximum absolute atomic E-state index is 14.8. The van der Waals surface area contributed by atoms with Crippen LogP contribution >= 0.6 is 0 Å². The summed E-state index contributed by atoms with van der Waals surface area (Å²) < 4.78 is 749. The summed E-state index contributed by atoms with van der Waals surface area (Å²) in [5.41, 5.74) is -1.37. The Balaban J connectivity index is 2.86. The number of carbonyl (C=O) groups excluding carboxylic acids is 1. The van der Waals surface area contributed by atoms with E-state index in [4.69, 9.17) is 37.9 Å². The first-order chi connectivity index (χ1) is 50.7. The third-order valence-electron chi connectivity index (χ3n) is 15.3. The van der Waals surface area contributed by atoms with Crippen molar-refractivity contribution < 1.29 is 267 Å². The van der Waals surface area contributed by atoms with Gasteiger partial charge >= 0.3 is 149 Å². The molecule has 0 saturated carbocycles. The number of unbranched alkanes of at least 4 members (excludes halogenated alkanes) is 3. The quantitative estimate of drug-likeness (QED) is 0.0365. The molecule has 0 heterocycles. The summed E-state index contributed by atoms with van der Waals surface area (Å²) >= 11 is 0. The van der Waals surface area contributed by atoms with Gasteiger partial charge in [0.1, 0.15) is 30.5 Å². The number of hydrogen-bond donors (Lipinski definition) is 0. The van der Waals surface area contributed by atoms with E-state index in [0.717, 1.165) is 0 Å². The zero-order chi connectivity index (χ0) is 91.1. The molecule has 0 radical (unpaired) electrons. The summed E-state index contributed by atoms with van der Waals surface area (Å²) in [5.74, 6) is -188. The van der Waals surface area contributed by atoms with Crippen LogP contribution < -0.4 is 28.4 Å². The zero-order valence-electron chi connectivity index (χ0n) is 55.2. The molecule has 2 aromatic carbocycles. The van der Waals surface area contributed by atoms with Gasteiger partial charge in [0.2, 0.25) is 5.75 Å². The highest BCUT2D eigenvalue weighted by molar-refractivity contribution is 5.91. The summed E-state index contributed by atoms with van der Waals surface area (Å²) in [6.45, 7) is -8.44. The Labute approximate surface area is 604 Å². The maximum atomic E-state index is 14.8. The predicted octanol–water partition coefficient (Wildman–Crippen LogP) is 22.6. The molecule has 0 amide bonds. The van der Waals surface area contributed by atoms with Crippen LogP contribution in [0.15, 0.2) is 30.3 Å². The Bertz CT molecular complexity index is 3390. The van der Waals surface area contributed by atoms with E-state index >= 15 is 0 Å². The number of benzene rings is 2. The van der Waals surface area contributed by atoms with Crippen LogP contribution in [0.3, 0.4) is 0 Å². The minimum absolute atomic E-state index is 0.00831. The molecule has 0 aromatic heterocycles. The Morgan fingerprint density at radius 2 is 0.470 bits per heavy atom. The predicted molar refractivity (Wildman–Crippen MR) is 273 cm³/mol. The molecule has 674 valence electrons. The molecule has 60 heteroatoms. The minimum Gasteiger partial charge on any atom is -0.496 e. The molecular weight excluding hydrogens is 1770 g/mol. The maximum Gasteiger partial charge on any atom is 0.460 e. The van der Waals surface area contributed by atoms with Crippen molar-refractivity contribution in [3.8, 4) is 34.5 Å². The molecule has 0 bridgehead atoms. The van der Waals surface area contributed by atoms with Gasteiger partial charge in [-0.25, -0.2) is 4.79 Å². The first-order valence-electron chi connectivity index (χ1n) is 29.6. The molecular formula is C55H43F51O9. The van der Waals surface area contributed by atoms with Gasteiger partial charge in [0, 0.05) is 37.5 Å². The minimum atomic E-state index is -9.16. The number of ether oxygens (including phenoxy) is 8. The normalized spacial score (nSPS) is 15.3. The molecule has 0 spiro atoms. The van der Waals surface area contributed by atoms with Crippen LogP contribution in [-0.4, -0.2) is 209 Å². The molecule has 0 N–H and O–H groups in total. The van der Waals surface area contributed by atoms with Crippen molar-refractivity contribution >= 4 is 5.97 Å². The Morgan fingerprint density at radius 3 is 0.722 bits per heavy atom. The molecule has 0 atom stereocenters. The lowest BCUT2D eigenvalue weighted by Gasteiger charge is -2.42. The highest BCUT2D eigenvalue weighted by atomic mass is 19.5. The SMILES string of the molecule is COc1cc(OC)cc(OCCOCCOC(=O)c2cc(OCCCCC(F)(F)C(F)(F)C(F)(F)C(F)(F)C(F)(F)C(F)(F)C(F)(F)C(F)(F)F)c(OCCCCC(F)(F)C(F)(F)C(F)(F)C(F)(F)C(F)(F)C(F)(F)C(F)(F)C(F)(F)F)c(OCCCCC(F)(F)C(F)(F)C(F)(F)C(F)(F)C(F)(F)C(F)(F)C(F)(F)C(F)(F)F)c2)c1. The number of hydrogen-bond acceptors (Lipinski definition) is 9. The van der Waals surface area contributed by atoms with Gasteiger partial charge in [-0.2, -0.15) is 224 Å². The Kier molecular flexibility index (Phi) is 30.2. The molecule has 9 nitrogen and oxygen atoms in total. The lowest BCUT2D eigenvalue weighted by atomic mass is 9.88. The van der Waals surface area contributed by atoms with Crippen LogP contribution in [0, 0.1) is 0 Å². The van der Waals surface area contributed by atoms with Crippen LogP contribution in [0.1, 0.15) is 68.1 Å². The zero-order valence-corrected chi connectivity index (χ0v) is 55.2. The number of rotatable bonds is 46. The van der Waals surface area contributed by atoms with E-state index in [1.165, 1.54) is 32.4 Å². The van der Waals surface area contributed by atoms with Gasteiger partial charge in [-0.05, 0) is 50.7 Å². The topological polar surface area (TPSA) is 90.9 Å². The average molecular weight is 1820 g/mol. The molecule has 0 aliphatic rings. The first kappa shape index (κ1) is 104. The van der Waals surface area contributed by atoms with Crippen molar-refractivity contribution in [1.29, 1.82) is 0 Å². The Morgan fingerprint density at radius 1 is 0.243 bits per heavy atom. The molecule has 2 aromatic rings. The van der Waals surface area contributed by atoms with Crippen molar-refractivity contribution in [1.82, 2.24) is 0 Å². The highest BCUT2D eigenvalue weighted by Crippen LogP contribution is 2.69. The summed E-state index contributed by atoms with van der Waals surface area (Å²) in [6, 6.07) is 3.88. The summed E-state index contributed by atoms with van der Waals surface area (Å²) in [5, 5.41) is 0. The van der Waals surface area contributed by atoms with Gasteiger partial charge < -0.3 is 37.9 Å². The number of esters is 1. The van der Waals surface area contributed by atoms with Crippen LogP contribution in [0.5, 0.6) is 34.5 Å². The number of halogens is 51. The molecule has 0 fully saturated rings. The summed E-state index contributed by atoms with van der Waals surface area (Å²) in [6.07, 6.45) is -46.4. The monoisotopic (exact) mass is 1820 g/mol. The first-order valence-corrected chi connectivity index (χ1v) is 29.6. The fraction of sp³-hybridized carbons (Fsp3) is 0.764. The molecule has 115 heavy (non-hydrogen) atoms. The molecule has 2 rings (SSSR count). The van der Waals surface area contributed by atoms with Gasteiger partial charge in [-0.15, -0.1) is 0 Å². The fourth-order valence-electron chi connectivity index (χ4n) is 8.46. The van der Waals surface area contributed by atoms with E-state index in [1.54, 1.807) is 0 Å². The summed E-state index contributed by atoms with van der Waals surface area (Å²) in [4.78, 5) is 13.4. The van der Waals surface area contributed by atoms with Crippen molar-refractivity contribution in [2.24, 2.45) is 0 Å². The smallest absolute Gasteiger partial charge is 0.460 e. The molecule has 0 saturated heterocycles. The number of methoxy groups -OCH3 is 2. The van der Waals surface area contributed by atoms with Crippen LogP contribution in [-0.2, 0) is 9.47 Å². The van der Waals surface area contributed by atoms with Crippen molar-refractivity contribution in [2.75, 3.05) is 60.5 Å². The summed E-state index contributed by atoms with van der Waals surface area (Å²) in [7, 11) is 2.37. The Hall–Kier alpha value is -6.90. The van der Waals surface area contributed by atoms with E-state index in [0.29, 0.717) is 0 Å². The van der Waals surface area contributed by atoms with Crippen LogP contribution in [0.4, 0.5) is 224 Å². The molecule has 0 aliphatic heterocycles. The number of carbonyl (C=O) groups is 1. The van der Waals surface area contributed by atoms with Crippen molar-refractivity contribution in [2.45, 2.75) is 201 Å². The fourth-order valence-corrected chi connectivity index (χ4v) is 8.46. The second-order valence-electron chi connectivity index (χ2n) is 23.3.